The van der Waals surface area contributed by atoms with Gasteiger partial charge < -0.3 is 4.74 Å². The van der Waals surface area contributed by atoms with Gasteiger partial charge in [-0.3, -0.25) is 4.90 Å². The maximum atomic E-state index is 5.18. The summed E-state index contributed by atoms with van der Waals surface area (Å²) in [7, 11) is 1.66. The van der Waals surface area contributed by atoms with Crippen molar-refractivity contribution < 1.29 is 4.74 Å². The van der Waals surface area contributed by atoms with Crippen molar-refractivity contribution in [3.05, 3.63) is 59.8 Å². The lowest BCUT2D eigenvalue weighted by molar-refractivity contribution is 0.103. The van der Waals surface area contributed by atoms with Gasteiger partial charge in [-0.15, -0.1) is 0 Å². The van der Waals surface area contributed by atoms with Crippen molar-refractivity contribution >= 4 is 0 Å². The molecule has 2 heterocycles. The third kappa shape index (κ3) is 3.14. The molecule has 0 amide bonds. The van der Waals surface area contributed by atoms with Gasteiger partial charge in [0, 0.05) is 24.3 Å². The molecule has 2 atom stereocenters. The molecule has 1 saturated heterocycles. The summed E-state index contributed by atoms with van der Waals surface area (Å²) >= 11 is 0. The Kier molecular flexibility index (Phi) is 4.74. The van der Waals surface area contributed by atoms with Gasteiger partial charge in [-0.05, 0) is 37.4 Å². The van der Waals surface area contributed by atoms with E-state index in [-0.39, 0.29) is 0 Å². The Bertz CT molecular complexity index is 582. The average Bonchev–Trinajstić information content (AvgIpc) is 2.62. The lowest BCUT2D eigenvalue weighted by atomic mass is 9.93. The minimum Gasteiger partial charge on any atom is -0.481 e. The first-order valence-corrected chi connectivity index (χ1v) is 8.10. The molecular formula is C19H24N2O. The Morgan fingerprint density at radius 3 is 2.64 bits per heavy atom. The third-order valence-electron chi connectivity index (χ3n) is 4.68. The van der Waals surface area contributed by atoms with Crippen molar-refractivity contribution in [3.8, 4) is 5.88 Å². The van der Waals surface area contributed by atoms with Crippen molar-refractivity contribution in [2.45, 2.75) is 38.3 Å². The molecule has 0 radical (unpaired) electrons. The Morgan fingerprint density at radius 1 is 1.14 bits per heavy atom. The SMILES string of the molecule is COc1ccc([C@H]2CCCCN2[C@H](C)c2ccccc2)cn1. The number of benzene rings is 1. The molecule has 3 heteroatoms. The van der Waals surface area contributed by atoms with Crippen LogP contribution >= 0.6 is 0 Å². The standard InChI is InChI=1S/C19H24N2O/c1-15(16-8-4-3-5-9-16)21-13-7-6-10-18(21)17-11-12-19(22-2)20-14-17/h3-5,8-9,11-12,14-15,18H,6-7,10,13H2,1-2H3/t15-,18-/m1/s1. The molecule has 116 valence electrons. The highest BCUT2D eigenvalue weighted by atomic mass is 16.5. The fourth-order valence-electron chi connectivity index (χ4n) is 3.41. The second-order valence-electron chi connectivity index (χ2n) is 5.97. The lowest BCUT2D eigenvalue weighted by Crippen LogP contribution is -2.35. The smallest absolute Gasteiger partial charge is 0.212 e. The Balaban J connectivity index is 1.84. The molecule has 3 rings (SSSR count). The van der Waals surface area contributed by atoms with E-state index >= 15 is 0 Å². The van der Waals surface area contributed by atoms with E-state index in [1.807, 2.05) is 12.3 Å². The van der Waals surface area contributed by atoms with E-state index < -0.39 is 0 Å². The molecule has 1 aromatic carbocycles. The minimum atomic E-state index is 0.425. The van der Waals surface area contributed by atoms with Gasteiger partial charge in [0.1, 0.15) is 0 Å². The molecule has 0 saturated carbocycles. The highest BCUT2D eigenvalue weighted by Gasteiger charge is 2.28. The summed E-state index contributed by atoms with van der Waals surface area (Å²) in [4.78, 5) is 7.00. The molecule has 1 fully saturated rings. The Labute approximate surface area is 132 Å². The number of likely N-dealkylation sites (tertiary alicyclic amines) is 1. The predicted octanol–water partition coefficient (Wildman–Crippen LogP) is 4.38. The Morgan fingerprint density at radius 2 is 1.95 bits per heavy atom. The molecule has 1 aliphatic heterocycles. The number of piperidine rings is 1. The van der Waals surface area contributed by atoms with Crippen LogP contribution in [0.15, 0.2) is 48.7 Å². The predicted molar refractivity (Wildman–Crippen MR) is 88.9 cm³/mol. The molecule has 0 bridgehead atoms. The average molecular weight is 296 g/mol. The minimum absolute atomic E-state index is 0.425. The van der Waals surface area contributed by atoms with Crippen molar-refractivity contribution in [3.63, 3.8) is 0 Å². The van der Waals surface area contributed by atoms with Crippen LogP contribution in [0.3, 0.4) is 0 Å². The van der Waals surface area contributed by atoms with Crippen LogP contribution in [-0.4, -0.2) is 23.5 Å². The molecule has 0 N–H and O–H groups in total. The zero-order chi connectivity index (χ0) is 15.4. The summed E-state index contributed by atoms with van der Waals surface area (Å²) in [5.74, 6) is 0.683. The first-order chi connectivity index (χ1) is 10.8. The van der Waals surface area contributed by atoms with E-state index in [0.29, 0.717) is 18.0 Å². The molecule has 3 nitrogen and oxygen atoms in total. The fourth-order valence-corrected chi connectivity index (χ4v) is 3.41. The van der Waals surface area contributed by atoms with Crippen LogP contribution in [0.5, 0.6) is 5.88 Å². The van der Waals surface area contributed by atoms with Gasteiger partial charge in [0.15, 0.2) is 0 Å². The van der Waals surface area contributed by atoms with Crippen LogP contribution in [0.25, 0.3) is 0 Å². The van der Waals surface area contributed by atoms with E-state index in [1.54, 1.807) is 7.11 Å². The van der Waals surface area contributed by atoms with Crippen LogP contribution in [0.4, 0.5) is 0 Å². The topological polar surface area (TPSA) is 25.4 Å². The quantitative estimate of drug-likeness (QED) is 0.837. The molecule has 0 spiro atoms. The number of rotatable bonds is 4. The number of ether oxygens (including phenoxy) is 1. The van der Waals surface area contributed by atoms with Gasteiger partial charge in [0.25, 0.3) is 0 Å². The maximum absolute atomic E-state index is 5.18. The monoisotopic (exact) mass is 296 g/mol. The maximum Gasteiger partial charge on any atom is 0.212 e. The number of methoxy groups -OCH3 is 1. The van der Waals surface area contributed by atoms with Crippen molar-refractivity contribution in [2.24, 2.45) is 0 Å². The summed E-state index contributed by atoms with van der Waals surface area (Å²) in [6.45, 7) is 3.46. The lowest BCUT2D eigenvalue weighted by Gasteiger charge is -2.40. The van der Waals surface area contributed by atoms with Crippen LogP contribution in [0.2, 0.25) is 0 Å². The number of nitrogens with zero attached hydrogens (tertiary/aromatic N) is 2. The third-order valence-corrected chi connectivity index (χ3v) is 4.68. The summed E-state index contributed by atoms with van der Waals surface area (Å²) in [6, 6.07) is 15.8. The number of pyridine rings is 1. The highest BCUT2D eigenvalue weighted by Crippen LogP contribution is 2.37. The molecule has 1 aromatic heterocycles. The van der Waals surface area contributed by atoms with Crippen molar-refractivity contribution in [2.75, 3.05) is 13.7 Å². The number of aromatic nitrogens is 1. The van der Waals surface area contributed by atoms with Crippen molar-refractivity contribution in [1.29, 1.82) is 0 Å². The van der Waals surface area contributed by atoms with Gasteiger partial charge in [-0.2, -0.15) is 0 Å². The van der Waals surface area contributed by atoms with Gasteiger partial charge >= 0.3 is 0 Å². The Hall–Kier alpha value is -1.87. The van der Waals surface area contributed by atoms with E-state index in [1.165, 1.54) is 30.4 Å². The molecular weight excluding hydrogens is 272 g/mol. The first kappa shape index (κ1) is 15.0. The van der Waals surface area contributed by atoms with Crippen LogP contribution in [0, 0.1) is 0 Å². The largest absolute Gasteiger partial charge is 0.481 e. The molecule has 0 unspecified atom stereocenters. The van der Waals surface area contributed by atoms with Crippen LogP contribution in [0.1, 0.15) is 49.4 Å². The molecule has 22 heavy (non-hydrogen) atoms. The number of hydrogen-bond donors (Lipinski definition) is 0. The summed E-state index contributed by atoms with van der Waals surface area (Å²) in [5.41, 5.74) is 2.68. The van der Waals surface area contributed by atoms with Gasteiger partial charge in [0.2, 0.25) is 5.88 Å². The van der Waals surface area contributed by atoms with Crippen LogP contribution in [-0.2, 0) is 0 Å². The zero-order valence-corrected chi connectivity index (χ0v) is 13.4. The summed E-state index contributed by atoms with van der Waals surface area (Å²) < 4.78 is 5.18. The van der Waals surface area contributed by atoms with E-state index in [9.17, 15) is 0 Å². The first-order valence-electron chi connectivity index (χ1n) is 8.10. The van der Waals surface area contributed by atoms with Gasteiger partial charge in [-0.25, -0.2) is 4.98 Å². The molecule has 1 aliphatic rings. The summed E-state index contributed by atoms with van der Waals surface area (Å²) in [5, 5.41) is 0. The van der Waals surface area contributed by atoms with E-state index in [2.05, 4.69) is 53.2 Å². The van der Waals surface area contributed by atoms with Gasteiger partial charge in [0.05, 0.1) is 7.11 Å². The van der Waals surface area contributed by atoms with Gasteiger partial charge in [-0.1, -0.05) is 42.8 Å². The molecule has 2 aromatic rings. The zero-order valence-electron chi connectivity index (χ0n) is 13.4. The van der Waals surface area contributed by atoms with E-state index in [0.717, 1.165) is 6.54 Å². The second kappa shape index (κ2) is 6.93. The highest BCUT2D eigenvalue weighted by molar-refractivity contribution is 5.24. The normalized spacial score (nSPS) is 20.5. The van der Waals surface area contributed by atoms with Crippen molar-refractivity contribution in [1.82, 2.24) is 9.88 Å². The summed E-state index contributed by atoms with van der Waals surface area (Å²) in [6.07, 6.45) is 5.73. The fraction of sp³-hybridized carbons (Fsp3) is 0.421. The second-order valence-corrected chi connectivity index (χ2v) is 5.97. The molecule has 0 aliphatic carbocycles. The van der Waals surface area contributed by atoms with E-state index in [4.69, 9.17) is 4.74 Å². The van der Waals surface area contributed by atoms with Crippen LogP contribution < -0.4 is 4.74 Å². The number of hydrogen-bond acceptors (Lipinski definition) is 3.